The smallest absolute Gasteiger partial charge is 0.166 e. The maximum absolute atomic E-state index is 13.7. The molecule has 0 aliphatic heterocycles. The fourth-order valence-electron chi connectivity index (χ4n) is 3.30. The molecule has 2 aliphatic rings. The molecule has 18 heavy (non-hydrogen) atoms. The zero-order chi connectivity index (χ0) is 12.8. The lowest BCUT2D eigenvalue weighted by atomic mass is 9.62. The predicted molar refractivity (Wildman–Crippen MR) is 70.0 cm³/mol. The molecule has 0 bridgehead atoms. The molecule has 2 saturated carbocycles. The van der Waals surface area contributed by atoms with Crippen LogP contribution in [-0.2, 0) is 0 Å². The first-order valence-electron chi connectivity index (χ1n) is 6.41. The van der Waals surface area contributed by atoms with Crippen molar-refractivity contribution < 1.29 is 14.2 Å². The fourth-order valence-corrected chi connectivity index (χ4v) is 3.64. The van der Waals surface area contributed by atoms with Crippen LogP contribution in [0.4, 0.5) is 4.39 Å². The fraction of sp³-hybridized carbons (Fsp3) is 0.571. The van der Waals surface area contributed by atoms with Gasteiger partial charge in [0.1, 0.15) is 6.10 Å². The predicted octanol–water partition coefficient (Wildman–Crippen LogP) is 3.66. The van der Waals surface area contributed by atoms with Crippen LogP contribution in [0, 0.1) is 11.2 Å². The molecule has 1 N–H and O–H groups in total. The van der Waals surface area contributed by atoms with Gasteiger partial charge >= 0.3 is 0 Å². The molecular formula is C14H16BrFO2. The van der Waals surface area contributed by atoms with E-state index in [9.17, 15) is 9.50 Å². The average molecular weight is 315 g/mol. The molecule has 0 aromatic heterocycles. The molecule has 0 saturated heterocycles. The van der Waals surface area contributed by atoms with Crippen LogP contribution in [0.3, 0.4) is 0 Å². The molecular weight excluding hydrogens is 299 g/mol. The van der Waals surface area contributed by atoms with Crippen molar-refractivity contribution in [2.24, 2.45) is 5.41 Å². The quantitative estimate of drug-likeness (QED) is 0.902. The number of hydrogen-bond donors (Lipinski definition) is 1. The highest BCUT2D eigenvalue weighted by atomic mass is 79.9. The third kappa shape index (κ3) is 1.86. The molecule has 0 radical (unpaired) electrons. The number of hydrogen-bond acceptors (Lipinski definition) is 2. The molecule has 2 nitrogen and oxygen atoms in total. The molecule has 0 heterocycles. The highest BCUT2D eigenvalue weighted by Crippen LogP contribution is 2.54. The molecule has 2 unspecified atom stereocenters. The molecule has 2 fully saturated rings. The topological polar surface area (TPSA) is 29.5 Å². The maximum Gasteiger partial charge on any atom is 0.166 e. The Morgan fingerprint density at radius 1 is 1.33 bits per heavy atom. The molecule has 98 valence electrons. The zero-order valence-electron chi connectivity index (χ0n) is 10.0. The lowest BCUT2D eigenvalue weighted by molar-refractivity contribution is -0.152. The van der Waals surface area contributed by atoms with Gasteiger partial charge in [-0.1, -0.05) is 28.8 Å². The Morgan fingerprint density at radius 2 is 2.06 bits per heavy atom. The monoisotopic (exact) mass is 314 g/mol. The first-order chi connectivity index (χ1) is 8.62. The van der Waals surface area contributed by atoms with E-state index in [1.807, 2.05) is 0 Å². The van der Waals surface area contributed by atoms with Gasteiger partial charge in [-0.2, -0.15) is 0 Å². The Bertz CT molecular complexity index is 457. The summed E-state index contributed by atoms with van der Waals surface area (Å²) >= 11 is 3.23. The summed E-state index contributed by atoms with van der Waals surface area (Å²) in [6, 6.07) is 4.83. The second-order valence-electron chi connectivity index (χ2n) is 5.37. The van der Waals surface area contributed by atoms with Crippen molar-refractivity contribution in [3.63, 3.8) is 0 Å². The van der Waals surface area contributed by atoms with Crippen molar-refractivity contribution in [3.8, 4) is 5.75 Å². The van der Waals surface area contributed by atoms with E-state index in [-0.39, 0.29) is 23.4 Å². The van der Waals surface area contributed by atoms with Gasteiger partial charge < -0.3 is 9.84 Å². The van der Waals surface area contributed by atoms with E-state index in [1.54, 1.807) is 12.1 Å². The van der Waals surface area contributed by atoms with E-state index in [0.717, 1.165) is 25.7 Å². The van der Waals surface area contributed by atoms with Gasteiger partial charge in [-0.3, -0.25) is 0 Å². The minimum absolute atomic E-state index is 0.0364. The van der Waals surface area contributed by atoms with Crippen molar-refractivity contribution >= 4 is 15.9 Å². The summed E-state index contributed by atoms with van der Waals surface area (Å²) in [5.74, 6) is -0.0553. The standard InChI is InChI=1S/C14H16BrFO2/c15-9-3-4-11(10(16)7-9)18-13-8-12(17)14(13)5-1-2-6-14/h3-4,7,12-13,17H,1-2,5-6,8H2. The van der Waals surface area contributed by atoms with Gasteiger partial charge in [-0.05, 0) is 31.0 Å². The Morgan fingerprint density at radius 3 is 2.67 bits per heavy atom. The van der Waals surface area contributed by atoms with Gasteiger partial charge in [0, 0.05) is 16.3 Å². The number of halogens is 2. The Labute approximate surface area is 114 Å². The second kappa shape index (κ2) is 4.49. The zero-order valence-corrected chi connectivity index (χ0v) is 11.6. The summed E-state index contributed by atoms with van der Waals surface area (Å²) in [4.78, 5) is 0. The lowest BCUT2D eigenvalue weighted by Crippen LogP contribution is -2.58. The average Bonchev–Trinajstić information content (AvgIpc) is 2.83. The van der Waals surface area contributed by atoms with E-state index in [2.05, 4.69) is 15.9 Å². The highest BCUT2D eigenvalue weighted by Gasteiger charge is 2.57. The van der Waals surface area contributed by atoms with Crippen LogP contribution in [0.25, 0.3) is 0 Å². The van der Waals surface area contributed by atoms with Crippen molar-refractivity contribution in [2.45, 2.75) is 44.3 Å². The van der Waals surface area contributed by atoms with Gasteiger partial charge in [0.25, 0.3) is 0 Å². The number of benzene rings is 1. The van der Waals surface area contributed by atoms with E-state index in [4.69, 9.17) is 4.74 Å². The number of ether oxygens (including phenoxy) is 1. The lowest BCUT2D eigenvalue weighted by Gasteiger charge is -2.51. The normalized spacial score (nSPS) is 29.3. The van der Waals surface area contributed by atoms with Crippen LogP contribution >= 0.6 is 15.9 Å². The van der Waals surface area contributed by atoms with Gasteiger partial charge in [0.05, 0.1) is 6.10 Å². The van der Waals surface area contributed by atoms with Crippen molar-refractivity contribution in [1.82, 2.24) is 0 Å². The van der Waals surface area contributed by atoms with Crippen LogP contribution in [0.15, 0.2) is 22.7 Å². The Balaban J connectivity index is 1.77. The molecule has 1 spiro atoms. The molecule has 4 heteroatoms. The molecule has 1 aromatic rings. The SMILES string of the molecule is OC1CC(Oc2ccc(Br)cc2F)C12CCCC2. The van der Waals surface area contributed by atoms with Crippen molar-refractivity contribution in [2.75, 3.05) is 0 Å². The minimum Gasteiger partial charge on any atom is -0.487 e. The van der Waals surface area contributed by atoms with Crippen LogP contribution in [-0.4, -0.2) is 17.3 Å². The number of rotatable bonds is 2. The van der Waals surface area contributed by atoms with E-state index in [1.165, 1.54) is 6.07 Å². The molecule has 0 amide bonds. The van der Waals surface area contributed by atoms with Gasteiger partial charge in [-0.15, -0.1) is 0 Å². The van der Waals surface area contributed by atoms with Crippen LogP contribution in [0.5, 0.6) is 5.75 Å². The Kier molecular flexibility index (Phi) is 3.10. The van der Waals surface area contributed by atoms with Crippen molar-refractivity contribution in [1.29, 1.82) is 0 Å². The summed E-state index contributed by atoms with van der Waals surface area (Å²) in [6.07, 6.45) is 4.58. The van der Waals surface area contributed by atoms with Gasteiger partial charge in [0.2, 0.25) is 0 Å². The maximum atomic E-state index is 13.7. The van der Waals surface area contributed by atoms with Crippen LogP contribution in [0.1, 0.15) is 32.1 Å². The first kappa shape index (κ1) is 12.4. The van der Waals surface area contributed by atoms with Gasteiger partial charge in [-0.25, -0.2) is 4.39 Å². The van der Waals surface area contributed by atoms with Crippen LogP contribution in [0.2, 0.25) is 0 Å². The van der Waals surface area contributed by atoms with Crippen molar-refractivity contribution in [3.05, 3.63) is 28.5 Å². The second-order valence-corrected chi connectivity index (χ2v) is 6.29. The third-order valence-electron chi connectivity index (χ3n) is 4.44. The van der Waals surface area contributed by atoms with Crippen LogP contribution < -0.4 is 4.74 Å². The highest BCUT2D eigenvalue weighted by molar-refractivity contribution is 9.10. The third-order valence-corrected chi connectivity index (χ3v) is 4.93. The number of aliphatic hydroxyl groups excluding tert-OH is 1. The summed E-state index contributed by atoms with van der Waals surface area (Å²) < 4.78 is 20.2. The minimum atomic E-state index is -0.348. The van der Waals surface area contributed by atoms with E-state index in [0.29, 0.717) is 16.6 Å². The van der Waals surface area contributed by atoms with E-state index < -0.39 is 0 Å². The Hall–Kier alpha value is -0.610. The summed E-state index contributed by atoms with van der Waals surface area (Å²) in [5, 5.41) is 9.98. The summed E-state index contributed by atoms with van der Waals surface area (Å²) in [6.45, 7) is 0. The van der Waals surface area contributed by atoms with Gasteiger partial charge in [0.15, 0.2) is 11.6 Å². The molecule has 2 aliphatic carbocycles. The summed E-state index contributed by atoms with van der Waals surface area (Å²) in [5.41, 5.74) is -0.112. The molecule has 3 rings (SSSR count). The van der Waals surface area contributed by atoms with E-state index >= 15 is 0 Å². The summed E-state index contributed by atoms with van der Waals surface area (Å²) in [7, 11) is 0. The largest absolute Gasteiger partial charge is 0.487 e. The molecule has 1 aromatic carbocycles. The molecule has 2 atom stereocenters. The number of aliphatic hydroxyl groups is 1. The first-order valence-corrected chi connectivity index (χ1v) is 7.21.